The van der Waals surface area contributed by atoms with Crippen LogP contribution < -0.4 is 5.32 Å². The largest absolute Gasteiger partial charge is 0.534 e. The number of benzene rings is 2. The molecule has 2 aromatic carbocycles. The van der Waals surface area contributed by atoms with Gasteiger partial charge in [0.1, 0.15) is 11.3 Å². The number of halogens is 3. The summed E-state index contributed by atoms with van der Waals surface area (Å²) < 4.78 is 73.4. The zero-order chi connectivity index (χ0) is 30.2. The van der Waals surface area contributed by atoms with Gasteiger partial charge in [0, 0.05) is 6.54 Å². The van der Waals surface area contributed by atoms with Gasteiger partial charge < -0.3 is 14.2 Å². The predicted molar refractivity (Wildman–Crippen MR) is 143 cm³/mol. The molecule has 9 nitrogen and oxygen atoms in total. The predicted octanol–water partition coefficient (Wildman–Crippen LogP) is 4.09. The number of nitrogens with one attached hydrogen (secondary N) is 1. The highest BCUT2D eigenvalue weighted by Crippen LogP contribution is 2.46. The summed E-state index contributed by atoms with van der Waals surface area (Å²) >= 11 is 0.801. The van der Waals surface area contributed by atoms with E-state index in [1.165, 1.54) is 0 Å². The van der Waals surface area contributed by atoms with E-state index >= 15 is 0 Å². The zero-order valence-corrected chi connectivity index (χ0v) is 23.8. The number of esters is 1. The molecule has 1 N–H and O–H groups in total. The fraction of sp³-hybridized carbons (Fsp3) is 0.370. The Bertz CT molecular complexity index is 1420. The third-order valence-electron chi connectivity index (χ3n) is 6.13. The molecule has 0 bridgehead atoms. The molecule has 2 heterocycles. The highest BCUT2D eigenvalue weighted by atomic mass is 32.2. The molecule has 2 aliphatic heterocycles. The molecule has 4 rings (SSSR count). The number of hydrogen-bond donors (Lipinski definition) is 1. The molecule has 0 saturated carbocycles. The number of β-lactam (4-membered cyclic amide) rings is 1. The maximum atomic E-state index is 13.6. The second-order valence-electron chi connectivity index (χ2n) is 10.5. The van der Waals surface area contributed by atoms with Gasteiger partial charge >= 0.3 is 21.6 Å². The second-order valence-corrected chi connectivity index (χ2v) is 13.2. The summed E-state index contributed by atoms with van der Waals surface area (Å²) in [5.41, 5.74) is -5.87. The Morgan fingerprint density at radius 1 is 1.02 bits per heavy atom. The van der Waals surface area contributed by atoms with Gasteiger partial charge in [-0.15, -0.1) is 11.8 Å². The summed E-state index contributed by atoms with van der Waals surface area (Å²) in [6.07, 6.45) is -1.06. The Morgan fingerprint density at radius 3 is 2.05 bits per heavy atom. The quantitative estimate of drug-likeness (QED) is 0.156. The highest BCUT2D eigenvalue weighted by Gasteiger charge is 2.59. The van der Waals surface area contributed by atoms with E-state index in [1.807, 2.05) is 20.8 Å². The number of thioether (sulfide) groups is 1. The summed E-state index contributed by atoms with van der Waals surface area (Å²) in [5, 5.41) is 1.68. The van der Waals surface area contributed by atoms with E-state index in [2.05, 4.69) is 9.50 Å². The number of rotatable bonds is 8. The van der Waals surface area contributed by atoms with Crippen molar-refractivity contribution in [3.8, 4) is 0 Å². The van der Waals surface area contributed by atoms with Gasteiger partial charge in [0.05, 0.1) is 5.75 Å². The molecule has 0 aromatic heterocycles. The van der Waals surface area contributed by atoms with Crippen LogP contribution in [0.25, 0.3) is 0 Å². The first kappa shape index (κ1) is 30.4. The van der Waals surface area contributed by atoms with E-state index < -0.39 is 68.0 Å². The van der Waals surface area contributed by atoms with Crippen LogP contribution in [-0.4, -0.2) is 54.3 Å². The van der Waals surface area contributed by atoms with Crippen LogP contribution in [-0.2, 0) is 33.4 Å². The van der Waals surface area contributed by atoms with Crippen LogP contribution in [0.15, 0.2) is 72.1 Å². The number of amides is 2. The standard InChI is InChI=1S/C27H27F3N2O7S2/c1-26(2,3)15-31-22(33)19-23(34)32-20(18(14-40-24(19)32)39-41(36,37)27(28,29)30)25(35)38-21(16-10-6-4-7-11-16)17-12-8-5-9-13-17/h4-13,19,21,24H,14-15H2,1-3H3,(H,31,33). The summed E-state index contributed by atoms with van der Waals surface area (Å²) in [7, 11) is -6.18. The average molecular weight is 613 g/mol. The van der Waals surface area contributed by atoms with E-state index in [-0.39, 0.29) is 12.0 Å². The van der Waals surface area contributed by atoms with Gasteiger partial charge in [0.2, 0.25) is 11.8 Å². The number of ether oxygens (including phenoxy) is 1. The molecule has 2 unspecified atom stereocenters. The average Bonchev–Trinajstić information content (AvgIpc) is 2.90. The van der Waals surface area contributed by atoms with Gasteiger partial charge in [-0.1, -0.05) is 81.4 Å². The smallest absolute Gasteiger partial charge is 0.448 e. The van der Waals surface area contributed by atoms with Gasteiger partial charge in [0.15, 0.2) is 17.6 Å². The SMILES string of the molecule is CC(C)(C)CNC(=O)C1C(=O)N2C(C(=O)OC(c3ccccc3)c3ccccc3)=C(OS(=O)(=O)C(F)(F)F)CSC12. The van der Waals surface area contributed by atoms with Crippen LogP contribution >= 0.6 is 11.8 Å². The normalized spacial score (nSPS) is 19.4. The Labute approximate surface area is 239 Å². The van der Waals surface area contributed by atoms with Crippen LogP contribution in [0.3, 0.4) is 0 Å². The lowest BCUT2D eigenvalue weighted by molar-refractivity contribution is -0.160. The van der Waals surface area contributed by atoms with Gasteiger partial charge in [-0.2, -0.15) is 21.6 Å². The van der Waals surface area contributed by atoms with Crippen LogP contribution in [0.5, 0.6) is 0 Å². The minimum absolute atomic E-state index is 0.242. The van der Waals surface area contributed by atoms with Gasteiger partial charge in [0.25, 0.3) is 0 Å². The third-order valence-corrected chi connectivity index (χ3v) is 8.37. The Morgan fingerprint density at radius 2 is 1.56 bits per heavy atom. The Hall–Kier alpha value is -3.52. The van der Waals surface area contributed by atoms with Crippen molar-refractivity contribution in [3.05, 3.63) is 83.2 Å². The molecule has 2 aliphatic rings. The molecule has 0 aliphatic carbocycles. The minimum atomic E-state index is -6.18. The van der Waals surface area contributed by atoms with Gasteiger partial charge in [-0.05, 0) is 16.5 Å². The van der Waals surface area contributed by atoms with E-state index in [0.717, 1.165) is 16.7 Å². The van der Waals surface area contributed by atoms with E-state index in [9.17, 15) is 36.0 Å². The molecular formula is C27H27F3N2O7S2. The molecule has 0 spiro atoms. The van der Waals surface area contributed by atoms with Crippen molar-refractivity contribution in [2.45, 2.75) is 37.8 Å². The Balaban J connectivity index is 1.71. The molecule has 41 heavy (non-hydrogen) atoms. The first-order valence-corrected chi connectivity index (χ1v) is 14.8. The molecule has 1 saturated heterocycles. The van der Waals surface area contributed by atoms with Crippen molar-refractivity contribution in [2.24, 2.45) is 11.3 Å². The summed E-state index contributed by atoms with van der Waals surface area (Å²) in [6.45, 7) is 5.85. The zero-order valence-electron chi connectivity index (χ0n) is 22.2. The maximum absolute atomic E-state index is 13.6. The van der Waals surface area contributed by atoms with Crippen molar-refractivity contribution in [1.82, 2.24) is 10.2 Å². The lowest BCUT2D eigenvalue weighted by Gasteiger charge is -2.48. The molecule has 14 heteroatoms. The van der Waals surface area contributed by atoms with Crippen molar-refractivity contribution >= 4 is 39.7 Å². The molecule has 2 aromatic rings. The molecule has 220 valence electrons. The lowest BCUT2D eigenvalue weighted by Crippen LogP contribution is -2.66. The molecule has 0 radical (unpaired) electrons. The van der Waals surface area contributed by atoms with Crippen LogP contribution in [0.1, 0.15) is 38.0 Å². The number of fused-ring (bicyclic) bond motifs is 1. The lowest BCUT2D eigenvalue weighted by atomic mass is 9.93. The number of carbonyl (C=O) groups excluding carboxylic acids is 3. The van der Waals surface area contributed by atoms with Crippen molar-refractivity contribution in [2.75, 3.05) is 12.3 Å². The molecule has 2 atom stereocenters. The van der Waals surface area contributed by atoms with Gasteiger partial charge in [-0.3, -0.25) is 14.5 Å². The van der Waals surface area contributed by atoms with E-state index in [4.69, 9.17) is 4.74 Å². The van der Waals surface area contributed by atoms with Crippen LogP contribution in [0.4, 0.5) is 13.2 Å². The maximum Gasteiger partial charge on any atom is 0.534 e. The molecule has 2 amide bonds. The highest BCUT2D eigenvalue weighted by molar-refractivity contribution is 8.00. The monoisotopic (exact) mass is 612 g/mol. The first-order valence-electron chi connectivity index (χ1n) is 12.4. The van der Waals surface area contributed by atoms with E-state index in [1.54, 1.807) is 60.7 Å². The summed E-state index contributed by atoms with van der Waals surface area (Å²) in [6, 6.07) is 16.9. The van der Waals surface area contributed by atoms with Crippen LogP contribution in [0.2, 0.25) is 0 Å². The Kier molecular flexibility index (Phi) is 8.46. The number of alkyl halides is 3. The first-order chi connectivity index (χ1) is 19.1. The fourth-order valence-corrected chi connectivity index (χ4v) is 6.02. The number of carbonyl (C=O) groups is 3. The van der Waals surface area contributed by atoms with E-state index in [0.29, 0.717) is 11.1 Å². The van der Waals surface area contributed by atoms with Gasteiger partial charge in [-0.25, -0.2) is 4.79 Å². The van der Waals surface area contributed by atoms with Crippen LogP contribution in [0, 0.1) is 11.3 Å². The third kappa shape index (κ3) is 6.53. The van der Waals surface area contributed by atoms with Crippen molar-refractivity contribution < 1.29 is 44.9 Å². The summed E-state index contributed by atoms with van der Waals surface area (Å²) in [4.78, 5) is 40.4. The topological polar surface area (TPSA) is 119 Å². The molecular weight excluding hydrogens is 585 g/mol. The van der Waals surface area contributed by atoms with Crippen molar-refractivity contribution in [3.63, 3.8) is 0 Å². The fourth-order valence-electron chi connectivity index (χ4n) is 4.14. The minimum Gasteiger partial charge on any atom is -0.448 e. The number of hydrogen-bond acceptors (Lipinski definition) is 8. The number of nitrogens with zero attached hydrogens (tertiary/aromatic N) is 1. The molecule has 1 fully saturated rings. The van der Waals surface area contributed by atoms with Crippen molar-refractivity contribution in [1.29, 1.82) is 0 Å². The second kappa shape index (κ2) is 11.4. The summed E-state index contributed by atoms with van der Waals surface area (Å²) in [5.74, 6) is -5.52.